The third-order valence-corrected chi connectivity index (χ3v) is 4.58. The fourth-order valence-electron chi connectivity index (χ4n) is 3.41. The first-order chi connectivity index (χ1) is 12.2. The number of imidazole rings is 1. The van der Waals surface area contributed by atoms with Gasteiger partial charge in [0.15, 0.2) is 0 Å². The average Bonchev–Trinajstić information content (AvgIpc) is 3.11. The Morgan fingerprint density at radius 2 is 1.88 bits per heavy atom. The van der Waals surface area contributed by atoms with E-state index < -0.39 is 0 Å². The monoisotopic (exact) mass is 333 g/mol. The summed E-state index contributed by atoms with van der Waals surface area (Å²) in [6.45, 7) is 5.78. The van der Waals surface area contributed by atoms with Crippen LogP contribution >= 0.6 is 0 Å². The molecule has 2 aromatic carbocycles. The molecule has 2 heterocycles. The molecule has 4 rings (SSSR count). The minimum Gasteiger partial charge on any atom is -0.422 e. The van der Waals surface area contributed by atoms with Gasteiger partial charge in [-0.05, 0) is 32.0 Å². The van der Waals surface area contributed by atoms with Crippen LogP contribution in [-0.4, -0.2) is 23.1 Å². The number of nitrogens with zero attached hydrogens (tertiary/aromatic N) is 2. The number of H-pyrrole nitrogens is 1. The van der Waals surface area contributed by atoms with E-state index in [-0.39, 0.29) is 5.63 Å². The lowest BCUT2D eigenvalue weighted by Crippen LogP contribution is -2.25. The van der Waals surface area contributed by atoms with E-state index in [1.807, 2.05) is 42.5 Å². The maximum absolute atomic E-state index is 12.9. The third-order valence-electron chi connectivity index (χ3n) is 4.58. The number of benzene rings is 2. The van der Waals surface area contributed by atoms with Crippen molar-refractivity contribution in [2.24, 2.45) is 0 Å². The first-order valence-electron chi connectivity index (χ1n) is 8.47. The molecule has 0 radical (unpaired) electrons. The predicted octanol–water partition coefficient (Wildman–Crippen LogP) is 4.18. The van der Waals surface area contributed by atoms with Gasteiger partial charge in [0.25, 0.3) is 0 Å². The number of aromatic nitrogens is 2. The standard InChI is InChI=1S/C20H19N3O2/c1-3-23(4-2)19-13-8-5-6-11-16(13)25-20(24)17(19)14-9-7-10-15-18(14)22-12-21-15/h5-12H,3-4H2,1-2H3,(H,21,22). The number of nitrogens with one attached hydrogen (secondary N) is 1. The van der Waals surface area contributed by atoms with Gasteiger partial charge in [-0.25, -0.2) is 9.78 Å². The van der Waals surface area contributed by atoms with Gasteiger partial charge in [-0.15, -0.1) is 0 Å². The van der Waals surface area contributed by atoms with Crippen molar-refractivity contribution in [2.75, 3.05) is 18.0 Å². The van der Waals surface area contributed by atoms with Crippen LogP contribution in [0.1, 0.15) is 13.8 Å². The summed E-state index contributed by atoms with van der Waals surface area (Å²) >= 11 is 0. The second-order valence-electron chi connectivity index (χ2n) is 5.89. The number of rotatable bonds is 4. The molecule has 0 spiro atoms. The Morgan fingerprint density at radius 3 is 2.68 bits per heavy atom. The van der Waals surface area contributed by atoms with Gasteiger partial charge in [0.05, 0.1) is 28.6 Å². The Kier molecular flexibility index (Phi) is 3.76. The lowest BCUT2D eigenvalue weighted by atomic mass is 10.0. The predicted molar refractivity (Wildman–Crippen MR) is 101 cm³/mol. The minimum atomic E-state index is -0.337. The molecule has 25 heavy (non-hydrogen) atoms. The lowest BCUT2D eigenvalue weighted by Gasteiger charge is -2.25. The maximum atomic E-state index is 12.9. The van der Waals surface area contributed by atoms with Crippen molar-refractivity contribution in [1.29, 1.82) is 0 Å². The smallest absolute Gasteiger partial charge is 0.346 e. The molecule has 0 atom stereocenters. The van der Waals surface area contributed by atoms with Crippen molar-refractivity contribution in [3.63, 3.8) is 0 Å². The minimum absolute atomic E-state index is 0.337. The third kappa shape index (κ3) is 2.39. The van der Waals surface area contributed by atoms with Crippen LogP contribution in [0.2, 0.25) is 0 Å². The number of para-hydroxylation sites is 2. The van der Waals surface area contributed by atoms with Crippen LogP contribution in [0, 0.1) is 0 Å². The number of aromatic amines is 1. The molecule has 0 saturated carbocycles. The molecule has 1 N–H and O–H groups in total. The first kappa shape index (κ1) is 15.4. The summed E-state index contributed by atoms with van der Waals surface area (Å²) in [6, 6.07) is 13.5. The van der Waals surface area contributed by atoms with E-state index in [1.165, 1.54) is 0 Å². The summed E-state index contributed by atoms with van der Waals surface area (Å²) in [5.41, 5.74) is 4.21. The Morgan fingerprint density at radius 1 is 1.08 bits per heavy atom. The van der Waals surface area contributed by atoms with Gasteiger partial charge in [0, 0.05) is 24.0 Å². The summed E-state index contributed by atoms with van der Waals surface area (Å²) in [4.78, 5) is 22.6. The summed E-state index contributed by atoms with van der Waals surface area (Å²) in [5, 5.41) is 0.938. The van der Waals surface area contributed by atoms with Crippen molar-refractivity contribution in [2.45, 2.75) is 13.8 Å². The van der Waals surface area contributed by atoms with Crippen LogP contribution in [-0.2, 0) is 0 Å². The van der Waals surface area contributed by atoms with E-state index in [1.54, 1.807) is 6.33 Å². The molecular formula is C20H19N3O2. The molecule has 126 valence electrons. The Balaban J connectivity index is 2.16. The quantitative estimate of drug-likeness (QED) is 0.569. The summed E-state index contributed by atoms with van der Waals surface area (Å²) in [6.07, 6.45) is 1.65. The van der Waals surface area contributed by atoms with E-state index >= 15 is 0 Å². The van der Waals surface area contributed by atoms with Crippen molar-refractivity contribution in [3.8, 4) is 11.1 Å². The normalized spacial score (nSPS) is 11.3. The second kappa shape index (κ2) is 6.09. The highest BCUT2D eigenvalue weighted by Crippen LogP contribution is 2.37. The van der Waals surface area contributed by atoms with Crippen molar-refractivity contribution in [3.05, 3.63) is 59.2 Å². The van der Waals surface area contributed by atoms with E-state index in [9.17, 15) is 4.79 Å². The molecular weight excluding hydrogens is 314 g/mol. The molecule has 0 aliphatic heterocycles. The summed E-state index contributed by atoms with van der Waals surface area (Å²) in [5.74, 6) is 0. The fourth-order valence-corrected chi connectivity index (χ4v) is 3.41. The van der Waals surface area contributed by atoms with E-state index in [4.69, 9.17) is 4.42 Å². The highest BCUT2D eigenvalue weighted by molar-refractivity contribution is 6.03. The van der Waals surface area contributed by atoms with Crippen LogP contribution in [0.25, 0.3) is 33.1 Å². The molecule has 5 heteroatoms. The van der Waals surface area contributed by atoms with Crippen LogP contribution in [0.5, 0.6) is 0 Å². The zero-order valence-electron chi connectivity index (χ0n) is 14.2. The van der Waals surface area contributed by atoms with Gasteiger partial charge < -0.3 is 14.3 Å². The Hall–Kier alpha value is -3.08. The molecule has 5 nitrogen and oxygen atoms in total. The van der Waals surface area contributed by atoms with Gasteiger partial charge in [-0.1, -0.05) is 24.3 Å². The van der Waals surface area contributed by atoms with Crippen LogP contribution in [0.4, 0.5) is 5.69 Å². The molecule has 0 bridgehead atoms. The van der Waals surface area contributed by atoms with Gasteiger partial charge in [0.2, 0.25) is 0 Å². The van der Waals surface area contributed by atoms with Gasteiger partial charge >= 0.3 is 5.63 Å². The zero-order chi connectivity index (χ0) is 17.4. The molecule has 0 amide bonds. The zero-order valence-corrected chi connectivity index (χ0v) is 14.2. The van der Waals surface area contributed by atoms with E-state index in [2.05, 4.69) is 28.7 Å². The molecule has 4 aromatic rings. The Bertz CT molecular complexity index is 1110. The Labute approximate surface area is 144 Å². The van der Waals surface area contributed by atoms with Crippen LogP contribution in [0.3, 0.4) is 0 Å². The molecule has 0 saturated heterocycles. The van der Waals surface area contributed by atoms with Crippen molar-refractivity contribution < 1.29 is 4.42 Å². The highest BCUT2D eigenvalue weighted by atomic mass is 16.4. The van der Waals surface area contributed by atoms with Gasteiger partial charge in [0.1, 0.15) is 5.58 Å². The van der Waals surface area contributed by atoms with Crippen molar-refractivity contribution >= 4 is 27.7 Å². The van der Waals surface area contributed by atoms with Crippen molar-refractivity contribution in [1.82, 2.24) is 9.97 Å². The van der Waals surface area contributed by atoms with Crippen LogP contribution in [0.15, 0.2) is 58.0 Å². The fraction of sp³-hybridized carbons (Fsp3) is 0.200. The first-order valence-corrected chi connectivity index (χ1v) is 8.47. The number of hydrogen-bond donors (Lipinski definition) is 1. The lowest BCUT2D eigenvalue weighted by molar-refractivity contribution is 0.563. The van der Waals surface area contributed by atoms with E-state index in [0.717, 1.165) is 40.8 Å². The summed E-state index contributed by atoms with van der Waals surface area (Å²) in [7, 11) is 0. The SMILES string of the molecule is CCN(CC)c1c(-c2cccc3[nH]cnc23)c(=O)oc2ccccc12. The molecule has 0 unspecified atom stereocenters. The topological polar surface area (TPSA) is 62.1 Å². The number of hydrogen-bond acceptors (Lipinski definition) is 4. The van der Waals surface area contributed by atoms with Gasteiger partial charge in [-0.2, -0.15) is 0 Å². The summed E-state index contributed by atoms with van der Waals surface area (Å²) < 4.78 is 5.63. The van der Waals surface area contributed by atoms with Crippen LogP contribution < -0.4 is 10.5 Å². The second-order valence-corrected chi connectivity index (χ2v) is 5.89. The molecule has 0 aliphatic carbocycles. The number of fused-ring (bicyclic) bond motifs is 2. The molecule has 0 fully saturated rings. The maximum Gasteiger partial charge on any atom is 0.346 e. The van der Waals surface area contributed by atoms with E-state index in [0.29, 0.717) is 11.1 Å². The number of anilines is 1. The highest BCUT2D eigenvalue weighted by Gasteiger charge is 2.22. The molecule has 2 aromatic heterocycles. The molecule has 0 aliphatic rings. The average molecular weight is 333 g/mol. The largest absolute Gasteiger partial charge is 0.422 e. The van der Waals surface area contributed by atoms with Gasteiger partial charge in [-0.3, -0.25) is 0 Å².